The van der Waals surface area contributed by atoms with Crippen LogP contribution in [-0.2, 0) is 48.1 Å². The molecule has 0 saturated carbocycles. The Hall–Kier alpha value is -2.67. The van der Waals surface area contributed by atoms with E-state index >= 15 is 0 Å². The van der Waals surface area contributed by atoms with Crippen molar-refractivity contribution in [1.29, 1.82) is 0 Å². The van der Waals surface area contributed by atoms with Gasteiger partial charge in [-0.05, 0) is 63.0 Å². The molecular weight excluding hydrogens is 536 g/mol. The summed E-state index contributed by atoms with van der Waals surface area (Å²) in [5.74, 6) is 1.38. The lowest BCUT2D eigenvalue weighted by Gasteiger charge is -2.28. The number of phenolic OH excluding ortho intramolecular Hbond substituents is 2. The molecule has 0 spiro atoms. The van der Waals surface area contributed by atoms with Crippen LogP contribution in [0.3, 0.4) is 0 Å². The van der Waals surface area contributed by atoms with Crippen LogP contribution in [0.5, 0.6) is 11.5 Å². The van der Waals surface area contributed by atoms with Gasteiger partial charge in [-0.25, -0.2) is 0 Å². The Morgan fingerprint density at radius 2 is 1.07 bits per heavy atom. The summed E-state index contributed by atoms with van der Waals surface area (Å²) in [4.78, 5) is 24.5. The van der Waals surface area contributed by atoms with Crippen molar-refractivity contribution in [3.05, 3.63) is 58.1 Å². The number of esters is 2. The fraction of sp³-hybridized carbons (Fsp3) is 0.588. The van der Waals surface area contributed by atoms with E-state index < -0.39 is 0 Å². The number of hydrogen-bond donors (Lipinski definition) is 2. The van der Waals surface area contributed by atoms with Crippen LogP contribution in [-0.4, -0.2) is 46.9 Å². The minimum absolute atomic E-state index is 0.175. The maximum Gasteiger partial charge on any atom is 0.306 e. The fourth-order valence-electron chi connectivity index (χ4n) is 4.49. The highest BCUT2D eigenvalue weighted by molar-refractivity contribution is 7.99. The van der Waals surface area contributed by atoms with Gasteiger partial charge >= 0.3 is 11.9 Å². The van der Waals surface area contributed by atoms with Crippen molar-refractivity contribution in [3.8, 4) is 11.5 Å². The third-order valence-electron chi connectivity index (χ3n) is 6.87. The zero-order chi connectivity index (χ0) is 31.0. The molecule has 0 amide bonds. The molecule has 2 rings (SSSR count). The van der Waals surface area contributed by atoms with E-state index in [0.29, 0.717) is 43.3 Å². The van der Waals surface area contributed by atoms with Crippen LogP contribution in [0, 0.1) is 0 Å². The average Bonchev–Trinajstić information content (AvgIpc) is 2.84. The molecule has 2 aromatic rings. The molecule has 7 heteroatoms. The van der Waals surface area contributed by atoms with Crippen LogP contribution in [0.4, 0.5) is 0 Å². The molecule has 2 aromatic carbocycles. The summed E-state index contributed by atoms with van der Waals surface area (Å²) >= 11 is 1.57. The number of phenols is 2. The number of carbonyl (C=O) groups excluding carboxylic acids is 2. The lowest BCUT2D eigenvalue weighted by molar-refractivity contribution is -0.143. The number of thioether (sulfide) groups is 1. The quantitative estimate of drug-likeness (QED) is 0.198. The molecule has 0 radical (unpaired) electrons. The molecule has 0 unspecified atom stereocenters. The zero-order valence-corrected chi connectivity index (χ0v) is 27.3. The van der Waals surface area contributed by atoms with E-state index in [1.165, 1.54) is 0 Å². The van der Waals surface area contributed by atoms with Gasteiger partial charge in [0.05, 0.1) is 0 Å². The summed E-state index contributed by atoms with van der Waals surface area (Å²) in [5, 5.41) is 21.0. The van der Waals surface area contributed by atoms with E-state index in [9.17, 15) is 19.8 Å². The maximum absolute atomic E-state index is 12.3. The second-order valence-electron chi connectivity index (χ2n) is 13.7. The SMILES string of the molecule is CC(C)(C)c1cc(CCC(=O)OCCSCCOC(=O)CCc2cc(C(C)(C)C)c(O)c(C(C)(C)C)c2)ccc1O. The lowest BCUT2D eigenvalue weighted by Crippen LogP contribution is -2.18. The molecule has 0 heterocycles. The van der Waals surface area contributed by atoms with E-state index in [0.717, 1.165) is 27.8 Å². The smallest absolute Gasteiger partial charge is 0.306 e. The molecule has 6 nitrogen and oxygen atoms in total. The number of hydrogen-bond acceptors (Lipinski definition) is 7. The summed E-state index contributed by atoms with van der Waals surface area (Å²) in [6.07, 6.45) is 1.67. The number of aryl methyl sites for hydroxylation is 2. The highest BCUT2D eigenvalue weighted by atomic mass is 32.2. The predicted octanol–water partition coefficient (Wildman–Crippen LogP) is 7.38. The third kappa shape index (κ3) is 11.3. The molecule has 228 valence electrons. The molecule has 0 atom stereocenters. The van der Waals surface area contributed by atoms with E-state index in [2.05, 4.69) is 41.5 Å². The second kappa shape index (κ2) is 14.5. The molecule has 41 heavy (non-hydrogen) atoms. The highest BCUT2D eigenvalue weighted by Gasteiger charge is 2.26. The summed E-state index contributed by atoms with van der Waals surface area (Å²) in [7, 11) is 0. The van der Waals surface area contributed by atoms with Gasteiger partial charge < -0.3 is 19.7 Å². The predicted molar refractivity (Wildman–Crippen MR) is 168 cm³/mol. The van der Waals surface area contributed by atoms with Gasteiger partial charge in [0.1, 0.15) is 24.7 Å². The van der Waals surface area contributed by atoms with E-state index in [4.69, 9.17) is 9.47 Å². The molecule has 0 aliphatic heterocycles. The summed E-state index contributed by atoms with van der Waals surface area (Å²) < 4.78 is 10.7. The van der Waals surface area contributed by atoms with Crippen molar-refractivity contribution in [2.75, 3.05) is 24.7 Å². The third-order valence-corrected chi connectivity index (χ3v) is 7.78. The molecule has 0 aliphatic rings. The first-order valence-corrected chi connectivity index (χ1v) is 15.6. The van der Waals surface area contributed by atoms with Crippen LogP contribution < -0.4 is 0 Å². The largest absolute Gasteiger partial charge is 0.508 e. The summed E-state index contributed by atoms with van der Waals surface area (Å²) in [5.41, 5.74) is 4.06. The van der Waals surface area contributed by atoms with Crippen molar-refractivity contribution in [2.45, 2.75) is 104 Å². The molecule has 0 saturated heterocycles. The first kappa shape index (κ1) is 34.5. The van der Waals surface area contributed by atoms with E-state index in [1.807, 2.05) is 45.0 Å². The number of carbonyl (C=O) groups is 2. The summed E-state index contributed by atoms with van der Waals surface area (Å²) in [6, 6.07) is 9.48. The zero-order valence-electron chi connectivity index (χ0n) is 26.5. The minimum Gasteiger partial charge on any atom is -0.508 e. The van der Waals surface area contributed by atoms with Gasteiger partial charge in [0.25, 0.3) is 0 Å². The van der Waals surface area contributed by atoms with Gasteiger partial charge in [-0.3, -0.25) is 9.59 Å². The Morgan fingerprint density at radius 1 is 0.659 bits per heavy atom. The lowest BCUT2D eigenvalue weighted by atomic mass is 9.78. The van der Waals surface area contributed by atoms with Crippen LogP contribution in [0.2, 0.25) is 0 Å². The molecule has 0 bridgehead atoms. The maximum atomic E-state index is 12.3. The van der Waals surface area contributed by atoms with Crippen LogP contribution in [0.15, 0.2) is 30.3 Å². The number of aromatic hydroxyl groups is 2. The fourth-order valence-corrected chi connectivity index (χ4v) is 5.10. The van der Waals surface area contributed by atoms with Crippen molar-refractivity contribution in [2.24, 2.45) is 0 Å². The number of ether oxygens (including phenoxy) is 2. The van der Waals surface area contributed by atoms with Crippen LogP contribution in [0.25, 0.3) is 0 Å². The van der Waals surface area contributed by atoms with Crippen molar-refractivity contribution in [1.82, 2.24) is 0 Å². The molecule has 0 aromatic heterocycles. The molecule has 0 aliphatic carbocycles. The summed E-state index contributed by atoms with van der Waals surface area (Å²) in [6.45, 7) is 19.2. The minimum atomic E-state index is -0.249. The Kier molecular flexibility index (Phi) is 12.2. The van der Waals surface area contributed by atoms with Gasteiger partial charge in [-0.2, -0.15) is 11.8 Å². The number of benzene rings is 2. The van der Waals surface area contributed by atoms with Crippen molar-refractivity contribution < 1.29 is 29.3 Å². The van der Waals surface area contributed by atoms with Crippen LogP contribution in [0.1, 0.15) is 103 Å². The topological polar surface area (TPSA) is 93.1 Å². The Bertz CT molecular complexity index is 1150. The van der Waals surface area contributed by atoms with E-state index in [1.54, 1.807) is 17.8 Å². The van der Waals surface area contributed by atoms with E-state index in [-0.39, 0.29) is 46.8 Å². The normalized spacial score (nSPS) is 12.3. The van der Waals surface area contributed by atoms with Gasteiger partial charge in [0.15, 0.2) is 0 Å². The molecule has 0 fully saturated rings. The first-order chi connectivity index (χ1) is 18.9. The van der Waals surface area contributed by atoms with Crippen molar-refractivity contribution in [3.63, 3.8) is 0 Å². The van der Waals surface area contributed by atoms with Gasteiger partial charge in [0, 0.05) is 24.3 Å². The highest BCUT2D eigenvalue weighted by Crippen LogP contribution is 2.40. The monoisotopic (exact) mass is 586 g/mol. The standard InChI is InChI=1S/C34H50O6S/c1-32(2,3)25-20-23(10-13-28(25)35)11-14-29(36)39-16-18-41-19-17-40-30(37)15-12-24-21-26(33(4,5)6)31(38)27(22-24)34(7,8)9/h10,13,20-22,35,38H,11-12,14-19H2,1-9H3. The van der Waals surface area contributed by atoms with Crippen molar-refractivity contribution >= 4 is 23.7 Å². The molecule has 2 N–H and O–H groups in total. The van der Waals surface area contributed by atoms with Gasteiger partial charge in [-0.1, -0.05) is 86.6 Å². The Morgan fingerprint density at radius 3 is 1.51 bits per heavy atom. The average molecular weight is 587 g/mol. The molecular formula is C34H50O6S. The second-order valence-corrected chi connectivity index (χ2v) is 14.9. The van der Waals surface area contributed by atoms with Gasteiger partial charge in [-0.15, -0.1) is 0 Å². The van der Waals surface area contributed by atoms with Gasteiger partial charge in [0.2, 0.25) is 0 Å². The Balaban J connectivity index is 1.68. The Labute approximate surface area is 251 Å². The first-order valence-electron chi connectivity index (χ1n) is 14.5. The number of rotatable bonds is 12. The van der Waals surface area contributed by atoms with Crippen LogP contribution >= 0.6 is 11.8 Å².